The molecule has 0 radical (unpaired) electrons. The topological polar surface area (TPSA) is 199 Å². The number of likely N-dealkylation sites (N-methyl/N-ethyl adjacent to an activating group) is 4. The standard InChI is InChI=1S/C56H78ClN5O12S/c1-32(2)24-41-53(67)71-37(10)50(64)60(12)44(27-35(7)8)56(70)74-46(29-39-20-22-40(23-21-39)30-47-48(57)58-31-75-47)52(66)62(14)42(25-33(3)4)54(68)72-36(9)49(63)59(11)43(26-34(5)6)55(69)73-45(51(65)61(41)13)28-38-18-16-15-17-19-38/h15-23,31-37,41-46H,24-30H2,1-14H3/t36-,37-,41+,42+,43+,44+,45-,46-/m1/s1. The van der Waals surface area contributed by atoms with Crippen LogP contribution in [0.1, 0.15) is 116 Å². The Bertz CT molecular complexity index is 2410. The van der Waals surface area contributed by atoms with Gasteiger partial charge in [-0.15, -0.1) is 11.3 Å². The molecule has 4 rings (SSSR count). The Labute approximate surface area is 451 Å². The molecule has 1 fully saturated rings. The number of rotatable bonds is 14. The van der Waals surface area contributed by atoms with Crippen LogP contribution >= 0.6 is 22.9 Å². The van der Waals surface area contributed by atoms with Crippen molar-refractivity contribution in [1.29, 1.82) is 0 Å². The number of esters is 4. The number of benzene rings is 2. The number of halogens is 1. The Hall–Kier alpha value is -5.88. The lowest BCUT2D eigenvalue weighted by molar-refractivity contribution is -0.176. The molecule has 19 heteroatoms. The van der Waals surface area contributed by atoms with Crippen LogP contribution in [0.5, 0.6) is 0 Å². The molecule has 1 saturated heterocycles. The number of thiazole rings is 1. The van der Waals surface area contributed by atoms with E-state index in [9.17, 15) is 38.4 Å². The average Bonchev–Trinajstić information content (AvgIpc) is 3.76. The summed E-state index contributed by atoms with van der Waals surface area (Å²) in [6.07, 6.45) is -5.30. The Morgan fingerprint density at radius 2 is 0.800 bits per heavy atom. The maximum absolute atomic E-state index is 14.9. The maximum Gasteiger partial charge on any atom is 0.329 e. The third-order valence-electron chi connectivity index (χ3n) is 13.1. The molecule has 2 aromatic carbocycles. The minimum Gasteiger partial charge on any atom is -0.451 e. The maximum atomic E-state index is 14.9. The number of cyclic esters (lactones) is 4. The average molecular weight is 1080 g/mol. The minimum atomic E-state index is -1.53. The van der Waals surface area contributed by atoms with Gasteiger partial charge in [-0.2, -0.15) is 0 Å². The van der Waals surface area contributed by atoms with Gasteiger partial charge < -0.3 is 38.5 Å². The van der Waals surface area contributed by atoms with E-state index in [2.05, 4.69) is 4.98 Å². The smallest absolute Gasteiger partial charge is 0.329 e. The van der Waals surface area contributed by atoms with Gasteiger partial charge >= 0.3 is 23.9 Å². The first-order valence-electron chi connectivity index (χ1n) is 25.8. The lowest BCUT2D eigenvalue weighted by atomic mass is 9.99. The molecule has 1 aliphatic rings. The Morgan fingerprint density at radius 3 is 1.13 bits per heavy atom. The van der Waals surface area contributed by atoms with Crippen molar-refractivity contribution < 1.29 is 57.3 Å². The third-order valence-corrected chi connectivity index (χ3v) is 14.4. The molecule has 8 atom stereocenters. The van der Waals surface area contributed by atoms with Gasteiger partial charge in [-0.05, 0) is 79.9 Å². The molecule has 0 saturated carbocycles. The summed E-state index contributed by atoms with van der Waals surface area (Å²) in [5.74, 6) is -7.33. The second kappa shape index (κ2) is 28.3. The highest BCUT2D eigenvalue weighted by atomic mass is 35.5. The van der Waals surface area contributed by atoms with Crippen molar-refractivity contribution in [3.8, 4) is 0 Å². The van der Waals surface area contributed by atoms with Crippen LogP contribution in [-0.2, 0) is 76.6 Å². The molecule has 1 aromatic heterocycles. The zero-order valence-electron chi connectivity index (χ0n) is 46.1. The molecule has 4 amide bonds. The lowest BCUT2D eigenvalue weighted by Gasteiger charge is -2.35. The van der Waals surface area contributed by atoms with Crippen molar-refractivity contribution in [3.63, 3.8) is 0 Å². The number of hydrogen-bond donors (Lipinski definition) is 0. The van der Waals surface area contributed by atoms with E-state index in [1.807, 2.05) is 67.5 Å². The SMILES string of the molecule is CC(C)C[C@H]1C(=O)O[C@H](Cc2ccc(Cc3scnc3Cl)cc2)C(=O)N(C)[C@@H](CC(C)C)C(=O)O[C@H](C)C(=O)N(C)[C@@H](CC(C)C)C(=O)O[C@H](Cc2ccccc2)C(=O)N(C)[C@@H](CC(C)C)C(=O)O[C@H](C)C(=O)N1C. The first-order chi connectivity index (χ1) is 35.2. The summed E-state index contributed by atoms with van der Waals surface area (Å²) >= 11 is 7.70. The summed E-state index contributed by atoms with van der Waals surface area (Å²) in [4.78, 5) is 126. The first kappa shape index (κ1) is 61.7. The fraction of sp³-hybridized carbons (Fsp3) is 0.589. The monoisotopic (exact) mass is 1080 g/mol. The first-order valence-corrected chi connectivity index (χ1v) is 27.0. The molecule has 412 valence electrons. The Balaban J connectivity index is 1.86. The number of ether oxygens (including phenoxy) is 4. The van der Waals surface area contributed by atoms with E-state index >= 15 is 0 Å². The summed E-state index contributed by atoms with van der Waals surface area (Å²) < 4.78 is 24.0. The summed E-state index contributed by atoms with van der Waals surface area (Å²) in [7, 11) is 5.55. The predicted molar refractivity (Wildman–Crippen MR) is 285 cm³/mol. The van der Waals surface area contributed by atoms with Gasteiger partial charge in [0, 0.05) is 52.3 Å². The highest BCUT2D eigenvalue weighted by Gasteiger charge is 2.43. The van der Waals surface area contributed by atoms with Gasteiger partial charge in [-0.3, -0.25) is 19.2 Å². The number of amides is 4. The molecule has 17 nitrogen and oxygen atoms in total. The number of nitrogens with zero attached hydrogens (tertiary/aromatic N) is 5. The van der Waals surface area contributed by atoms with E-state index in [4.69, 9.17) is 30.5 Å². The fourth-order valence-corrected chi connectivity index (χ4v) is 9.87. The van der Waals surface area contributed by atoms with Crippen LogP contribution in [0, 0.1) is 23.7 Å². The zero-order valence-corrected chi connectivity index (χ0v) is 47.6. The van der Waals surface area contributed by atoms with Crippen LogP contribution in [0.2, 0.25) is 5.15 Å². The van der Waals surface area contributed by atoms with Gasteiger partial charge in [0.05, 0.1) is 5.51 Å². The van der Waals surface area contributed by atoms with Crippen LogP contribution < -0.4 is 0 Å². The van der Waals surface area contributed by atoms with Crippen molar-refractivity contribution in [3.05, 3.63) is 86.8 Å². The van der Waals surface area contributed by atoms with Crippen LogP contribution in [-0.4, -0.2) is 149 Å². The molecule has 0 unspecified atom stereocenters. The van der Waals surface area contributed by atoms with Crippen molar-refractivity contribution in [1.82, 2.24) is 24.6 Å². The van der Waals surface area contributed by atoms with Crippen LogP contribution in [0.4, 0.5) is 0 Å². The van der Waals surface area contributed by atoms with E-state index in [0.717, 1.165) is 30.0 Å². The number of hydrogen-bond acceptors (Lipinski definition) is 14. The normalized spacial score (nSPS) is 24.0. The van der Waals surface area contributed by atoms with E-state index in [1.54, 1.807) is 48.0 Å². The van der Waals surface area contributed by atoms with Crippen LogP contribution in [0.15, 0.2) is 60.1 Å². The summed E-state index contributed by atoms with van der Waals surface area (Å²) in [5, 5.41) is 0.407. The fourth-order valence-electron chi connectivity index (χ4n) is 8.87. The van der Waals surface area contributed by atoms with Gasteiger partial charge in [0.25, 0.3) is 23.6 Å². The van der Waals surface area contributed by atoms with Crippen molar-refractivity contribution in [2.24, 2.45) is 23.7 Å². The van der Waals surface area contributed by atoms with Crippen molar-refractivity contribution in [2.45, 2.75) is 163 Å². The Morgan fingerprint density at radius 1 is 0.480 bits per heavy atom. The van der Waals surface area contributed by atoms with Crippen molar-refractivity contribution in [2.75, 3.05) is 28.2 Å². The van der Waals surface area contributed by atoms with E-state index in [1.165, 1.54) is 53.4 Å². The summed E-state index contributed by atoms with van der Waals surface area (Å²) in [5.41, 5.74) is 3.82. The van der Waals surface area contributed by atoms with Gasteiger partial charge in [-0.25, -0.2) is 24.2 Å². The summed E-state index contributed by atoms with van der Waals surface area (Å²) in [6.45, 7) is 17.5. The minimum absolute atomic E-state index is 0.0861. The molecular formula is C56H78ClN5O12S. The molecular weight excluding hydrogens is 1000 g/mol. The van der Waals surface area contributed by atoms with Crippen LogP contribution in [0.3, 0.4) is 0 Å². The lowest BCUT2D eigenvalue weighted by Crippen LogP contribution is -2.55. The van der Waals surface area contributed by atoms with Crippen LogP contribution in [0.25, 0.3) is 0 Å². The molecule has 0 aliphatic carbocycles. The number of carbonyl (C=O) groups is 8. The Kier molecular flexibility index (Phi) is 23.3. The predicted octanol–water partition coefficient (Wildman–Crippen LogP) is 7.37. The highest BCUT2D eigenvalue weighted by Crippen LogP contribution is 2.26. The van der Waals surface area contributed by atoms with Gasteiger partial charge in [0.2, 0.25) is 0 Å². The molecule has 0 spiro atoms. The molecule has 0 N–H and O–H groups in total. The molecule has 1 aliphatic heterocycles. The van der Waals surface area contributed by atoms with E-state index in [-0.39, 0.29) is 62.2 Å². The molecule has 0 bridgehead atoms. The second-order valence-electron chi connectivity index (χ2n) is 21.3. The highest BCUT2D eigenvalue weighted by molar-refractivity contribution is 7.10. The molecule has 75 heavy (non-hydrogen) atoms. The largest absolute Gasteiger partial charge is 0.451 e. The van der Waals surface area contributed by atoms with E-state index in [0.29, 0.717) is 22.7 Å². The third kappa shape index (κ3) is 17.6. The number of carbonyl (C=O) groups excluding carboxylic acids is 8. The second-order valence-corrected chi connectivity index (χ2v) is 22.6. The zero-order chi connectivity index (χ0) is 56.0. The number of aromatic nitrogens is 1. The van der Waals surface area contributed by atoms with Gasteiger partial charge in [-0.1, -0.05) is 122 Å². The van der Waals surface area contributed by atoms with Gasteiger partial charge in [0.1, 0.15) is 29.3 Å². The van der Waals surface area contributed by atoms with Crippen molar-refractivity contribution >= 4 is 70.4 Å². The molecule has 2 heterocycles. The molecule has 3 aromatic rings. The summed E-state index contributed by atoms with van der Waals surface area (Å²) in [6, 6.07) is 11.1. The van der Waals surface area contributed by atoms with E-state index < -0.39 is 96.1 Å². The van der Waals surface area contributed by atoms with Gasteiger partial charge in [0.15, 0.2) is 24.4 Å². The quantitative estimate of drug-likeness (QED) is 0.115.